The summed E-state index contributed by atoms with van der Waals surface area (Å²) in [7, 11) is 0. The van der Waals surface area contributed by atoms with Gasteiger partial charge in [0.15, 0.2) is 11.9 Å². The van der Waals surface area contributed by atoms with Crippen LogP contribution in [0.1, 0.15) is 32.6 Å². The Labute approximate surface area is 93.7 Å². The van der Waals surface area contributed by atoms with Crippen molar-refractivity contribution in [3.63, 3.8) is 0 Å². The van der Waals surface area contributed by atoms with Crippen LogP contribution in [0.15, 0.2) is 0 Å². The van der Waals surface area contributed by atoms with E-state index in [0.717, 1.165) is 12.8 Å². The lowest BCUT2D eigenvalue weighted by molar-refractivity contribution is -0.278. The molecule has 2 aliphatic carbocycles. The highest BCUT2D eigenvalue weighted by Gasteiger charge is 2.94. The minimum absolute atomic E-state index is 0.629. The van der Waals surface area contributed by atoms with Crippen LogP contribution in [0.5, 0.6) is 0 Å². The van der Waals surface area contributed by atoms with Gasteiger partial charge in [-0.05, 0) is 19.8 Å². The van der Waals surface area contributed by atoms with E-state index < -0.39 is 35.1 Å². The highest BCUT2D eigenvalue weighted by molar-refractivity contribution is 5.41. The van der Waals surface area contributed by atoms with Gasteiger partial charge in [-0.25, -0.2) is 0 Å². The van der Waals surface area contributed by atoms with Gasteiger partial charge in [0, 0.05) is 5.41 Å². The van der Waals surface area contributed by atoms with E-state index in [1.165, 1.54) is 0 Å². The molecule has 1 saturated heterocycles. The van der Waals surface area contributed by atoms with Crippen molar-refractivity contribution in [3.05, 3.63) is 0 Å². The molecule has 1 heterocycles. The largest absolute Gasteiger partial charge is 0.387 e. The quantitative estimate of drug-likeness (QED) is 0.434. The highest BCUT2D eigenvalue weighted by atomic mass is 16.6. The van der Waals surface area contributed by atoms with Gasteiger partial charge in [0.2, 0.25) is 0 Å². The Bertz CT molecular complexity index is 320. The van der Waals surface area contributed by atoms with Crippen molar-refractivity contribution in [2.45, 2.75) is 62.3 Å². The van der Waals surface area contributed by atoms with Crippen LogP contribution < -0.4 is 0 Å². The van der Waals surface area contributed by atoms with Gasteiger partial charge in [-0.1, -0.05) is 12.8 Å². The van der Waals surface area contributed by atoms with Crippen molar-refractivity contribution < 1.29 is 25.2 Å². The normalized spacial score (nSPS) is 58.7. The zero-order chi connectivity index (χ0) is 11.8. The van der Waals surface area contributed by atoms with Crippen molar-refractivity contribution in [1.29, 1.82) is 0 Å². The molecule has 2 saturated carbocycles. The minimum atomic E-state index is -1.69. The second-order valence-corrected chi connectivity index (χ2v) is 5.46. The van der Waals surface area contributed by atoms with E-state index in [9.17, 15) is 20.4 Å². The molecule has 3 rings (SSSR count). The molecular weight excluding hydrogens is 212 g/mol. The van der Waals surface area contributed by atoms with E-state index in [1.54, 1.807) is 6.92 Å². The maximum Gasteiger partial charge on any atom is 0.187 e. The first kappa shape index (κ1) is 10.9. The molecular formula is C11H18O5. The summed E-state index contributed by atoms with van der Waals surface area (Å²) in [4.78, 5) is 0. The molecule has 0 bridgehead atoms. The number of aliphatic hydroxyl groups excluding tert-OH is 2. The summed E-state index contributed by atoms with van der Waals surface area (Å²) in [6.07, 6.45) is -0.154. The van der Waals surface area contributed by atoms with Gasteiger partial charge in [-0.3, -0.25) is 0 Å². The molecule has 5 heteroatoms. The summed E-state index contributed by atoms with van der Waals surface area (Å²) >= 11 is 0. The van der Waals surface area contributed by atoms with Gasteiger partial charge in [-0.15, -0.1) is 0 Å². The van der Waals surface area contributed by atoms with E-state index >= 15 is 0 Å². The van der Waals surface area contributed by atoms with Crippen molar-refractivity contribution in [2.75, 3.05) is 0 Å². The third-order valence-electron chi connectivity index (χ3n) is 5.01. The van der Waals surface area contributed by atoms with Crippen LogP contribution >= 0.6 is 0 Å². The van der Waals surface area contributed by atoms with Gasteiger partial charge < -0.3 is 25.2 Å². The molecule has 0 radical (unpaired) electrons. The highest BCUT2D eigenvalue weighted by Crippen LogP contribution is 2.76. The maximum atomic E-state index is 10.5. The molecule has 92 valence electrons. The van der Waals surface area contributed by atoms with Crippen molar-refractivity contribution >= 4 is 0 Å². The molecule has 3 fully saturated rings. The first-order chi connectivity index (χ1) is 7.42. The number of rotatable bonds is 0. The Balaban J connectivity index is 2.06. The van der Waals surface area contributed by atoms with Crippen LogP contribution in [0.2, 0.25) is 0 Å². The fraction of sp³-hybridized carbons (Fsp3) is 1.00. The smallest absolute Gasteiger partial charge is 0.187 e. The fourth-order valence-corrected chi connectivity index (χ4v) is 4.10. The van der Waals surface area contributed by atoms with Crippen molar-refractivity contribution in [1.82, 2.24) is 0 Å². The molecule has 3 aliphatic rings. The Kier molecular flexibility index (Phi) is 1.90. The summed E-state index contributed by atoms with van der Waals surface area (Å²) in [6, 6.07) is 0. The zero-order valence-electron chi connectivity index (χ0n) is 9.26. The zero-order valence-corrected chi connectivity index (χ0v) is 9.26. The average Bonchev–Trinajstić information content (AvgIpc) is 2.62. The summed E-state index contributed by atoms with van der Waals surface area (Å²) in [6.45, 7) is 1.59. The lowest BCUT2D eigenvalue weighted by atomic mass is 9.94. The molecule has 1 aliphatic heterocycles. The number of hydrogen-bond donors (Lipinski definition) is 4. The standard InChI is InChI=1S/C11H18O5/c1-6-7(12)10(14)9(4-2-3-5-9)11(10,15)8(13)16-6/h6-8,12-15H,2-5H2,1H3/t6-,7-,8+,10-,11+/m0/s1. The molecule has 4 N–H and O–H groups in total. The van der Waals surface area contributed by atoms with E-state index in [-0.39, 0.29) is 0 Å². The Morgan fingerprint density at radius 1 is 1.06 bits per heavy atom. The van der Waals surface area contributed by atoms with Gasteiger partial charge in [-0.2, -0.15) is 0 Å². The molecule has 0 amide bonds. The molecule has 5 nitrogen and oxygen atoms in total. The predicted octanol–water partition coefficient (Wildman–Crippen LogP) is -0.879. The first-order valence-electron chi connectivity index (χ1n) is 5.88. The second kappa shape index (κ2) is 2.79. The van der Waals surface area contributed by atoms with Crippen LogP contribution in [0, 0.1) is 5.41 Å². The second-order valence-electron chi connectivity index (χ2n) is 5.46. The summed E-state index contributed by atoms with van der Waals surface area (Å²) < 4.78 is 5.10. The number of ether oxygens (including phenoxy) is 1. The third kappa shape index (κ3) is 0.781. The lowest BCUT2D eigenvalue weighted by Crippen LogP contribution is -2.56. The molecule has 16 heavy (non-hydrogen) atoms. The molecule has 0 unspecified atom stereocenters. The fourth-order valence-electron chi connectivity index (χ4n) is 4.10. The molecule has 0 aromatic carbocycles. The topological polar surface area (TPSA) is 90.2 Å². The summed E-state index contributed by atoms with van der Waals surface area (Å²) in [5.41, 5.74) is -4.07. The van der Waals surface area contributed by atoms with Crippen LogP contribution in [-0.4, -0.2) is 50.1 Å². The molecule has 0 aromatic heterocycles. The number of hydrogen-bond acceptors (Lipinski definition) is 5. The maximum absolute atomic E-state index is 10.5. The summed E-state index contributed by atoms with van der Waals surface area (Å²) in [5.74, 6) is 0. The van der Waals surface area contributed by atoms with Crippen molar-refractivity contribution in [2.24, 2.45) is 5.41 Å². The van der Waals surface area contributed by atoms with Gasteiger partial charge in [0.25, 0.3) is 0 Å². The first-order valence-corrected chi connectivity index (χ1v) is 5.88. The SMILES string of the molecule is C[C@@H]1O[C@@H](O)[C@@]2(O)C3(CCCC3)[C@@]2(O)[C@H]1O. The van der Waals surface area contributed by atoms with E-state index in [4.69, 9.17) is 4.74 Å². The van der Waals surface area contributed by atoms with Crippen LogP contribution in [-0.2, 0) is 4.74 Å². The molecule has 1 spiro atoms. The van der Waals surface area contributed by atoms with Crippen LogP contribution in [0.4, 0.5) is 0 Å². The van der Waals surface area contributed by atoms with Crippen LogP contribution in [0.3, 0.4) is 0 Å². The average molecular weight is 230 g/mol. The van der Waals surface area contributed by atoms with Gasteiger partial charge >= 0.3 is 0 Å². The lowest BCUT2D eigenvalue weighted by Gasteiger charge is -2.35. The molecule has 5 atom stereocenters. The van der Waals surface area contributed by atoms with E-state index in [2.05, 4.69) is 0 Å². The number of fused-ring (bicyclic) bond motifs is 3. The predicted molar refractivity (Wildman–Crippen MR) is 53.4 cm³/mol. The third-order valence-corrected chi connectivity index (χ3v) is 5.01. The number of aliphatic hydroxyl groups is 4. The van der Waals surface area contributed by atoms with Gasteiger partial charge in [0.05, 0.1) is 6.10 Å². The minimum Gasteiger partial charge on any atom is -0.387 e. The Morgan fingerprint density at radius 3 is 2.19 bits per heavy atom. The Morgan fingerprint density at radius 2 is 1.62 bits per heavy atom. The van der Waals surface area contributed by atoms with Gasteiger partial charge in [0.1, 0.15) is 11.7 Å². The summed E-state index contributed by atoms with van der Waals surface area (Å²) in [5, 5.41) is 40.8. The Hall–Kier alpha value is -0.200. The van der Waals surface area contributed by atoms with E-state index in [0.29, 0.717) is 12.8 Å². The van der Waals surface area contributed by atoms with E-state index in [1.807, 2.05) is 0 Å². The molecule has 0 aromatic rings. The monoisotopic (exact) mass is 230 g/mol. The van der Waals surface area contributed by atoms with Crippen molar-refractivity contribution in [3.8, 4) is 0 Å². The van der Waals surface area contributed by atoms with Crippen LogP contribution in [0.25, 0.3) is 0 Å².